The molecule has 0 bridgehead atoms. The minimum Gasteiger partial charge on any atom is -0.303 e. The first-order valence-corrected chi connectivity index (χ1v) is 10.9. The highest BCUT2D eigenvalue weighted by molar-refractivity contribution is 9.10. The molecule has 29 heavy (non-hydrogen) atoms. The lowest BCUT2D eigenvalue weighted by Crippen LogP contribution is -2.27. The molecule has 2 aromatic rings. The molecule has 1 N–H and O–H groups in total. The summed E-state index contributed by atoms with van der Waals surface area (Å²) >= 11 is 3.72. The molecule has 0 aliphatic heterocycles. The van der Waals surface area contributed by atoms with Crippen molar-refractivity contribution in [3.8, 4) is 0 Å². The predicted octanol–water partition coefficient (Wildman–Crippen LogP) is 4.96. The van der Waals surface area contributed by atoms with Crippen molar-refractivity contribution in [3.63, 3.8) is 0 Å². The third kappa shape index (κ3) is 4.15. The zero-order valence-electron chi connectivity index (χ0n) is 16.8. The van der Waals surface area contributed by atoms with Gasteiger partial charge in [-0.05, 0) is 71.7 Å². The first-order valence-electron chi connectivity index (χ1n) is 10.1. The number of nitrogens with zero attached hydrogens (tertiary/aromatic N) is 3. The van der Waals surface area contributed by atoms with Crippen LogP contribution in [0.1, 0.15) is 55.6 Å². The maximum absolute atomic E-state index is 15.0. The van der Waals surface area contributed by atoms with E-state index < -0.39 is 5.41 Å². The molecule has 0 amide bonds. The number of aldehydes is 1. The number of aryl methyl sites for hydroxylation is 1. The number of nitrogens with one attached hydrogen (secondary N) is 1. The van der Waals surface area contributed by atoms with Crippen molar-refractivity contribution in [1.82, 2.24) is 20.0 Å². The number of H-pyrrole nitrogens is 1. The van der Waals surface area contributed by atoms with Crippen molar-refractivity contribution in [2.75, 3.05) is 0 Å². The highest BCUT2D eigenvalue weighted by atomic mass is 79.9. The molecule has 4 rings (SSSR count). The molecule has 5 nitrogen and oxygen atoms in total. The topological polar surface area (TPSA) is 63.6 Å². The van der Waals surface area contributed by atoms with E-state index in [1.807, 2.05) is 30.8 Å². The first kappa shape index (κ1) is 20.3. The predicted molar refractivity (Wildman–Crippen MR) is 113 cm³/mol. The molecule has 2 aromatic heterocycles. The van der Waals surface area contributed by atoms with E-state index in [0.717, 1.165) is 40.2 Å². The summed E-state index contributed by atoms with van der Waals surface area (Å²) in [7, 11) is 1.95. The summed E-state index contributed by atoms with van der Waals surface area (Å²) in [6, 6.07) is 1.89. The molecule has 0 aromatic carbocycles. The number of allylic oxidation sites excluding steroid dienone is 4. The summed E-state index contributed by atoms with van der Waals surface area (Å²) < 4.78 is 18.0. The van der Waals surface area contributed by atoms with Gasteiger partial charge in [0.05, 0.1) is 15.9 Å². The van der Waals surface area contributed by atoms with E-state index in [0.29, 0.717) is 18.4 Å². The first-order chi connectivity index (χ1) is 13.9. The Balaban J connectivity index is 1.56. The monoisotopic (exact) mass is 460 g/mol. The number of hydrogen-bond donors (Lipinski definition) is 1. The third-order valence-corrected chi connectivity index (χ3v) is 7.12. The largest absolute Gasteiger partial charge is 0.303 e. The molecular weight excluding hydrogens is 435 g/mol. The summed E-state index contributed by atoms with van der Waals surface area (Å²) in [6.07, 6.45) is 11.2. The highest BCUT2D eigenvalue weighted by Crippen LogP contribution is 2.46. The Kier molecular flexibility index (Phi) is 5.60. The van der Waals surface area contributed by atoms with Crippen molar-refractivity contribution >= 4 is 22.2 Å². The maximum Gasteiger partial charge on any atom is 0.122 e. The van der Waals surface area contributed by atoms with Crippen LogP contribution in [0, 0.1) is 11.3 Å². The van der Waals surface area contributed by atoms with Gasteiger partial charge in [0.25, 0.3) is 0 Å². The molecule has 0 radical (unpaired) electrons. The fourth-order valence-corrected chi connectivity index (χ4v) is 4.94. The molecule has 1 saturated carbocycles. The average molecular weight is 461 g/mol. The summed E-state index contributed by atoms with van der Waals surface area (Å²) in [5, 5.41) is 11.7. The SMILES string of the molecule is Cn1nc(CC2CC2)c(Br)c1CCC1=CC(c2ccn[nH]2)C(C)(CC=O)C=C1F. The lowest BCUT2D eigenvalue weighted by atomic mass is 9.69. The lowest BCUT2D eigenvalue weighted by molar-refractivity contribution is -0.109. The van der Waals surface area contributed by atoms with Crippen LogP contribution in [0.5, 0.6) is 0 Å². The molecule has 2 heterocycles. The van der Waals surface area contributed by atoms with E-state index in [1.54, 1.807) is 12.3 Å². The Morgan fingerprint density at radius 2 is 2.21 bits per heavy atom. The summed E-state index contributed by atoms with van der Waals surface area (Å²) in [6.45, 7) is 1.92. The van der Waals surface area contributed by atoms with Gasteiger partial charge >= 0.3 is 0 Å². The summed E-state index contributed by atoms with van der Waals surface area (Å²) in [5.74, 6) is 0.410. The molecule has 0 saturated heterocycles. The second kappa shape index (κ2) is 8.01. The maximum atomic E-state index is 15.0. The molecule has 2 aliphatic carbocycles. The fraction of sp³-hybridized carbons (Fsp3) is 0.500. The van der Waals surface area contributed by atoms with Crippen LogP contribution in [0.15, 0.2) is 40.3 Å². The van der Waals surface area contributed by atoms with Crippen molar-refractivity contribution in [2.24, 2.45) is 18.4 Å². The number of hydrogen-bond acceptors (Lipinski definition) is 3. The standard InChI is InChI=1S/C22H26BrFN4O/c1-22(8-10-29)13-17(24)15(12-16(22)18-7-9-25-26-18)5-6-20-21(23)19(27-28(20)2)11-14-3-4-14/h7,9-10,12-14,16H,3-6,8,11H2,1-2H3,(H,25,26). The molecule has 0 spiro atoms. The van der Waals surface area contributed by atoms with Gasteiger partial charge in [0.15, 0.2) is 0 Å². The van der Waals surface area contributed by atoms with Crippen LogP contribution >= 0.6 is 15.9 Å². The number of aromatic amines is 1. The summed E-state index contributed by atoms with van der Waals surface area (Å²) in [5.41, 5.74) is 3.15. The molecular formula is C22H26BrFN4O. The summed E-state index contributed by atoms with van der Waals surface area (Å²) in [4.78, 5) is 11.2. The van der Waals surface area contributed by atoms with Crippen LogP contribution in [0.4, 0.5) is 4.39 Å². The normalized spacial score (nSPS) is 24.3. The Hall–Kier alpha value is -2.02. The molecule has 2 aliphatic rings. The van der Waals surface area contributed by atoms with Crippen molar-refractivity contribution < 1.29 is 9.18 Å². The number of carbonyl (C=O) groups is 1. The molecule has 2 unspecified atom stereocenters. The van der Waals surface area contributed by atoms with E-state index >= 15 is 0 Å². The van der Waals surface area contributed by atoms with E-state index in [2.05, 4.69) is 31.2 Å². The van der Waals surface area contributed by atoms with Gasteiger partial charge in [-0.2, -0.15) is 10.2 Å². The van der Waals surface area contributed by atoms with Gasteiger partial charge in [-0.15, -0.1) is 0 Å². The van der Waals surface area contributed by atoms with Crippen LogP contribution < -0.4 is 0 Å². The Labute approximate surface area is 178 Å². The number of carbonyl (C=O) groups excluding carboxylic acids is 1. The minimum absolute atomic E-state index is 0.120. The zero-order chi connectivity index (χ0) is 20.6. The van der Waals surface area contributed by atoms with Crippen LogP contribution in [-0.4, -0.2) is 26.3 Å². The van der Waals surface area contributed by atoms with Crippen LogP contribution in [0.2, 0.25) is 0 Å². The van der Waals surface area contributed by atoms with Gasteiger partial charge in [-0.3, -0.25) is 9.78 Å². The van der Waals surface area contributed by atoms with Gasteiger partial charge in [-0.1, -0.05) is 13.0 Å². The van der Waals surface area contributed by atoms with Gasteiger partial charge in [0, 0.05) is 36.7 Å². The second-order valence-electron chi connectivity index (χ2n) is 8.53. The lowest BCUT2D eigenvalue weighted by Gasteiger charge is -2.35. The molecule has 1 fully saturated rings. The van der Waals surface area contributed by atoms with Gasteiger partial charge in [0.2, 0.25) is 0 Å². The van der Waals surface area contributed by atoms with Crippen molar-refractivity contribution in [1.29, 1.82) is 0 Å². The van der Waals surface area contributed by atoms with Crippen LogP contribution in [-0.2, 0) is 24.7 Å². The number of rotatable bonds is 8. The highest BCUT2D eigenvalue weighted by Gasteiger charge is 2.37. The van der Waals surface area contributed by atoms with Crippen molar-refractivity contribution in [3.05, 3.63) is 57.4 Å². The molecule has 7 heteroatoms. The van der Waals surface area contributed by atoms with Gasteiger partial charge in [-0.25, -0.2) is 4.39 Å². The minimum atomic E-state index is -0.605. The number of halogens is 2. The Morgan fingerprint density at radius 1 is 1.41 bits per heavy atom. The van der Waals surface area contributed by atoms with E-state index in [4.69, 9.17) is 0 Å². The van der Waals surface area contributed by atoms with Crippen LogP contribution in [0.3, 0.4) is 0 Å². The van der Waals surface area contributed by atoms with E-state index in [1.165, 1.54) is 12.8 Å². The van der Waals surface area contributed by atoms with E-state index in [9.17, 15) is 9.18 Å². The molecule has 2 atom stereocenters. The Bertz CT molecular complexity index is 958. The Morgan fingerprint density at radius 3 is 2.86 bits per heavy atom. The average Bonchev–Trinajstić information content (AvgIpc) is 3.24. The van der Waals surface area contributed by atoms with Gasteiger partial charge < -0.3 is 4.79 Å². The fourth-order valence-electron chi connectivity index (χ4n) is 4.24. The quantitative estimate of drug-likeness (QED) is 0.565. The molecule has 154 valence electrons. The third-order valence-electron chi connectivity index (χ3n) is 6.20. The zero-order valence-corrected chi connectivity index (χ0v) is 18.4. The smallest absolute Gasteiger partial charge is 0.122 e. The number of aromatic nitrogens is 4. The van der Waals surface area contributed by atoms with Crippen molar-refractivity contribution in [2.45, 2.75) is 51.4 Å². The van der Waals surface area contributed by atoms with Gasteiger partial charge in [0.1, 0.15) is 12.1 Å². The second-order valence-corrected chi connectivity index (χ2v) is 9.32. The van der Waals surface area contributed by atoms with Crippen LogP contribution in [0.25, 0.3) is 0 Å². The van der Waals surface area contributed by atoms with E-state index in [-0.39, 0.29) is 18.2 Å².